The van der Waals surface area contributed by atoms with E-state index in [1.807, 2.05) is 0 Å². The maximum absolute atomic E-state index is 9.09. The number of rotatable bonds is 0. The number of aliphatic hydroxyl groups is 4. The first-order valence-corrected chi connectivity index (χ1v) is 3.41. The lowest BCUT2D eigenvalue weighted by molar-refractivity contribution is -0.277. The van der Waals surface area contributed by atoms with Crippen molar-refractivity contribution in [1.29, 1.82) is 0 Å². The number of aliphatic hydroxyl groups excluding tert-OH is 4. The van der Waals surface area contributed by atoms with Crippen molar-refractivity contribution in [3.05, 3.63) is 0 Å². The molecule has 1 fully saturated rings. The van der Waals surface area contributed by atoms with E-state index in [1.165, 1.54) is 6.92 Å². The van der Waals surface area contributed by atoms with Gasteiger partial charge in [0.25, 0.3) is 0 Å². The number of hydrogen-bond donors (Lipinski definition) is 4. The van der Waals surface area contributed by atoms with Crippen LogP contribution in [0.25, 0.3) is 0 Å². The van der Waals surface area contributed by atoms with Crippen LogP contribution in [0.5, 0.6) is 0 Å². The van der Waals surface area contributed by atoms with Gasteiger partial charge >= 0.3 is 0 Å². The summed E-state index contributed by atoms with van der Waals surface area (Å²) in [6.07, 6.45) is -5.99. The molecule has 66 valence electrons. The van der Waals surface area contributed by atoms with E-state index in [4.69, 9.17) is 20.4 Å². The van der Waals surface area contributed by atoms with Crippen LogP contribution in [0.3, 0.4) is 0 Å². The predicted molar refractivity (Wildman–Crippen MR) is 34.6 cm³/mol. The highest BCUT2D eigenvalue weighted by atomic mass is 16.6. The second kappa shape index (κ2) is 3.04. The van der Waals surface area contributed by atoms with E-state index in [1.54, 1.807) is 0 Å². The molecule has 0 radical (unpaired) electrons. The second-order valence-corrected chi connectivity index (χ2v) is 2.70. The van der Waals surface area contributed by atoms with E-state index in [2.05, 4.69) is 4.74 Å². The van der Waals surface area contributed by atoms with Crippen LogP contribution in [0.15, 0.2) is 0 Å². The molecule has 2 unspecified atom stereocenters. The van der Waals surface area contributed by atoms with Gasteiger partial charge in [-0.25, -0.2) is 0 Å². The number of ether oxygens (including phenoxy) is 1. The average Bonchev–Trinajstić information content (AvgIpc) is 1.97. The fourth-order valence-corrected chi connectivity index (χ4v) is 1.03. The van der Waals surface area contributed by atoms with E-state index < -0.39 is 30.7 Å². The molecule has 5 nitrogen and oxygen atoms in total. The molecule has 1 aliphatic rings. The molecule has 1 heterocycles. The molecule has 0 aromatic rings. The minimum absolute atomic E-state index is 0.664. The van der Waals surface area contributed by atoms with Crippen molar-refractivity contribution in [3.8, 4) is 0 Å². The summed E-state index contributed by atoms with van der Waals surface area (Å²) in [4.78, 5) is 0. The lowest BCUT2D eigenvalue weighted by Crippen LogP contribution is -2.56. The van der Waals surface area contributed by atoms with Gasteiger partial charge in [0.1, 0.15) is 18.3 Å². The smallest absolute Gasteiger partial charge is 0.183 e. The summed E-state index contributed by atoms with van der Waals surface area (Å²) < 4.78 is 4.68. The summed E-state index contributed by atoms with van der Waals surface area (Å²) >= 11 is 0. The highest BCUT2D eigenvalue weighted by molar-refractivity contribution is 4.86. The minimum Gasteiger partial charge on any atom is -0.388 e. The quantitative estimate of drug-likeness (QED) is 0.326. The van der Waals surface area contributed by atoms with Gasteiger partial charge in [0.15, 0.2) is 6.29 Å². The Morgan fingerprint density at radius 2 is 1.45 bits per heavy atom. The molecule has 0 aromatic heterocycles. The third kappa shape index (κ3) is 1.52. The highest BCUT2D eigenvalue weighted by Crippen LogP contribution is 2.18. The molecule has 0 bridgehead atoms. The lowest BCUT2D eigenvalue weighted by Gasteiger charge is -2.36. The molecule has 11 heavy (non-hydrogen) atoms. The molecule has 0 aromatic carbocycles. The molecule has 4 N–H and O–H groups in total. The van der Waals surface area contributed by atoms with Gasteiger partial charge in [-0.2, -0.15) is 0 Å². The normalized spacial score (nSPS) is 52.6. The summed E-state index contributed by atoms with van der Waals surface area (Å²) in [6, 6.07) is 0. The Labute approximate surface area is 63.8 Å². The summed E-state index contributed by atoms with van der Waals surface area (Å²) in [5, 5.41) is 36.0. The number of hydrogen-bond acceptors (Lipinski definition) is 5. The van der Waals surface area contributed by atoms with Crippen LogP contribution in [0, 0.1) is 0 Å². The van der Waals surface area contributed by atoms with Crippen molar-refractivity contribution in [3.63, 3.8) is 0 Å². The fraction of sp³-hybridized carbons (Fsp3) is 1.00. The zero-order chi connectivity index (χ0) is 8.59. The van der Waals surface area contributed by atoms with Crippen molar-refractivity contribution in [2.75, 3.05) is 0 Å². The first kappa shape index (κ1) is 8.89. The molecule has 1 aliphatic heterocycles. The second-order valence-electron chi connectivity index (χ2n) is 2.70. The van der Waals surface area contributed by atoms with E-state index in [9.17, 15) is 0 Å². The Morgan fingerprint density at radius 1 is 0.909 bits per heavy atom. The first-order chi connectivity index (χ1) is 5.04. The van der Waals surface area contributed by atoms with Crippen LogP contribution >= 0.6 is 0 Å². The maximum Gasteiger partial charge on any atom is 0.183 e. The third-order valence-corrected chi connectivity index (χ3v) is 1.83. The fourth-order valence-electron chi connectivity index (χ4n) is 1.03. The van der Waals surface area contributed by atoms with Crippen LogP contribution in [0.1, 0.15) is 6.92 Å². The average molecular weight is 164 g/mol. The molecule has 1 saturated heterocycles. The molecular formula is C6H12O5. The standard InChI is InChI=1S/C6H12O5/c1-2-3(7)4(8)5(9)6(10)11-2/h2-10H,1H3/t2?,3-,4?,5-,6+/m1/s1. The van der Waals surface area contributed by atoms with Crippen molar-refractivity contribution in [1.82, 2.24) is 0 Å². The van der Waals surface area contributed by atoms with Crippen LogP contribution in [0.2, 0.25) is 0 Å². The van der Waals surface area contributed by atoms with Gasteiger partial charge in [0, 0.05) is 0 Å². The van der Waals surface area contributed by atoms with Gasteiger partial charge in [-0.1, -0.05) is 0 Å². The SMILES string of the molecule is CC1O[C@H](O)[C@H](O)C(O)[C@@H]1O. The van der Waals surface area contributed by atoms with E-state index in [0.29, 0.717) is 0 Å². The Balaban J connectivity index is 2.63. The van der Waals surface area contributed by atoms with Gasteiger partial charge in [-0.15, -0.1) is 0 Å². The van der Waals surface area contributed by atoms with Crippen molar-refractivity contribution in [2.24, 2.45) is 0 Å². The van der Waals surface area contributed by atoms with Crippen LogP contribution in [-0.2, 0) is 4.74 Å². The van der Waals surface area contributed by atoms with Gasteiger partial charge in [0.05, 0.1) is 6.10 Å². The minimum atomic E-state index is -1.43. The summed E-state index contributed by atoms with van der Waals surface area (Å²) in [5.74, 6) is 0. The topological polar surface area (TPSA) is 90.2 Å². The van der Waals surface area contributed by atoms with Crippen LogP contribution in [0.4, 0.5) is 0 Å². The van der Waals surface area contributed by atoms with Gasteiger partial charge in [0.2, 0.25) is 0 Å². The van der Waals surface area contributed by atoms with Crippen LogP contribution in [-0.4, -0.2) is 51.1 Å². The van der Waals surface area contributed by atoms with Crippen molar-refractivity contribution in [2.45, 2.75) is 37.6 Å². The van der Waals surface area contributed by atoms with Gasteiger partial charge in [-0.3, -0.25) is 0 Å². The Kier molecular flexibility index (Phi) is 2.46. The predicted octanol–water partition coefficient (Wildman–Crippen LogP) is -2.19. The molecule has 0 saturated carbocycles. The Morgan fingerprint density at radius 3 is 2.00 bits per heavy atom. The lowest BCUT2D eigenvalue weighted by atomic mass is 10.0. The zero-order valence-corrected chi connectivity index (χ0v) is 6.08. The Bertz CT molecular complexity index is 125. The third-order valence-electron chi connectivity index (χ3n) is 1.83. The van der Waals surface area contributed by atoms with E-state index >= 15 is 0 Å². The zero-order valence-electron chi connectivity index (χ0n) is 6.08. The molecule has 5 heteroatoms. The Hall–Kier alpha value is -0.200. The van der Waals surface area contributed by atoms with Crippen molar-refractivity contribution < 1.29 is 25.2 Å². The summed E-state index contributed by atoms with van der Waals surface area (Å²) in [5.41, 5.74) is 0. The summed E-state index contributed by atoms with van der Waals surface area (Å²) in [7, 11) is 0. The molecule has 1 rings (SSSR count). The first-order valence-electron chi connectivity index (χ1n) is 3.41. The van der Waals surface area contributed by atoms with Crippen LogP contribution < -0.4 is 0 Å². The monoisotopic (exact) mass is 164 g/mol. The van der Waals surface area contributed by atoms with Gasteiger partial charge in [-0.05, 0) is 6.92 Å². The molecule has 0 amide bonds. The van der Waals surface area contributed by atoms with E-state index in [-0.39, 0.29) is 0 Å². The maximum atomic E-state index is 9.09. The van der Waals surface area contributed by atoms with Crippen molar-refractivity contribution >= 4 is 0 Å². The molecule has 5 atom stereocenters. The van der Waals surface area contributed by atoms with Gasteiger partial charge < -0.3 is 25.2 Å². The highest BCUT2D eigenvalue weighted by Gasteiger charge is 2.40. The molecule has 0 spiro atoms. The molecule has 0 aliphatic carbocycles. The largest absolute Gasteiger partial charge is 0.388 e. The summed E-state index contributed by atoms with van der Waals surface area (Å²) in [6.45, 7) is 1.50. The molecular weight excluding hydrogens is 152 g/mol. The van der Waals surface area contributed by atoms with E-state index in [0.717, 1.165) is 0 Å².